The van der Waals surface area contributed by atoms with E-state index in [4.69, 9.17) is 0 Å². The Labute approximate surface area is 162 Å². The summed E-state index contributed by atoms with van der Waals surface area (Å²) in [5.74, 6) is -0.187. The van der Waals surface area contributed by atoms with E-state index in [0.29, 0.717) is 16.3 Å². The quantitative estimate of drug-likeness (QED) is 0.610. The zero-order valence-corrected chi connectivity index (χ0v) is 15.5. The van der Waals surface area contributed by atoms with Gasteiger partial charge in [-0.15, -0.1) is 0 Å². The van der Waals surface area contributed by atoms with Gasteiger partial charge in [0.1, 0.15) is 0 Å². The fourth-order valence-corrected chi connectivity index (χ4v) is 3.68. The molecule has 0 radical (unpaired) electrons. The van der Waals surface area contributed by atoms with Crippen molar-refractivity contribution >= 4 is 22.7 Å². The number of aliphatic imine (C=N–C) groups is 1. The summed E-state index contributed by atoms with van der Waals surface area (Å²) in [6.45, 7) is 2.54. The molecule has 144 valence electrons. The van der Waals surface area contributed by atoms with Crippen molar-refractivity contribution in [3.8, 4) is 5.88 Å². The van der Waals surface area contributed by atoms with Crippen LogP contribution in [0.25, 0.3) is 10.8 Å². The smallest absolute Gasteiger partial charge is 0.258 e. The highest BCUT2D eigenvalue weighted by atomic mass is 16.3. The van der Waals surface area contributed by atoms with E-state index in [9.17, 15) is 15.0 Å². The highest BCUT2D eigenvalue weighted by molar-refractivity contribution is 6.01. The summed E-state index contributed by atoms with van der Waals surface area (Å²) in [5.41, 5.74) is 2.10. The third kappa shape index (κ3) is 3.98. The number of hydrogen-bond acceptors (Lipinski definition) is 5. The summed E-state index contributed by atoms with van der Waals surface area (Å²) in [6.07, 6.45) is 3.26. The number of aliphatic hydroxyl groups excluding tert-OH is 1. The van der Waals surface area contributed by atoms with Gasteiger partial charge in [0.05, 0.1) is 17.4 Å². The van der Waals surface area contributed by atoms with E-state index in [2.05, 4.69) is 14.9 Å². The van der Waals surface area contributed by atoms with Gasteiger partial charge in [-0.3, -0.25) is 19.7 Å². The molecule has 6 nitrogen and oxygen atoms in total. The molecule has 4 rings (SSSR count). The van der Waals surface area contributed by atoms with Crippen molar-refractivity contribution in [3.05, 3.63) is 70.0 Å². The van der Waals surface area contributed by atoms with Crippen LogP contribution in [0.4, 0.5) is 5.69 Å². The summed E-state index contributed by atoms with van der Waals surface area (Å²) in [5, 5.41) is 21.1. The highest BCUT2D eigenvalue weighted by Gasteiger charge is 2.17. The predicted octanol–water partition coefficient (Wildman–Crippen LogP) is 2.94. The molecule has 1 saturated heterocycles. The van der Waals surface area contributed by atoms with E-state index in [0.717, 1.165) is 38.2 Å². The lowest BCUT2D eigenvalue weighted by Crippen LogP contribution is -2.37. The van der Waals surface area contributed by atoms with E-state index < -0.39 is 0 Å². The van der Waals surface area contributed by atoms with Gasteiger partial charge in [-0.2, -0.15) is 0 Å². The van der Waals surface area contributed by atoms with Crippen LogP contribution < -0.4 is 5.56 Å². The molecular weight excluding hydrogens is 354 g/mol. The first-order valence-electron chi connectivity index (χ1n) is 9.47. The summed E-state index contributed by atoms with van der Waals surface area (Å²) in [6, 6.07) is 15.0. The van der Waals surface area contributed by atoms with Gasteiger partial charge in [-0.05, 0) is 43.1 Å². The van der Waals surface area contributed by atoms with Crippen LogP contribution in [0, 0.1) is 0 Å². The molecule has 2 aromatic carbocycles. The SMILES string of the molecule is O=c1[nH]c(O)c(C=Nc2ccc(CN3CCCC(O)C3)cc2)c2ccccc12. The topological polar surface area (TPSA) is 88.9 Å². The van der Waals surface area contributed by atoms with Crippen LogP contribution in [0.15, 0.2) is 58.3 Å². The van der Waals surface area contributed by atoms with E-state index in [1.807, 2.05) is 30.3 Å². The third-order valence-corrected chi connectivity index (χ3v) is 5.11. The lowest BCUT2D eigenvalue weighted by atomic mass is 10.1. The van der Waals surface area contributed by atoms with Crippen LogP contribution >= 0.6 is 0 Å². The highest BCUT2D eigenvalue weighted by Crippen LogP contribution is 2.22. The van der Waals surface area contributed by atoms with Crippen molar-refractivity contribution in [1.29, 1.82) is 0 Å². The van der Waals surface area contributed by atoms with Crippen molar-refractivity contribution in [2.45, 2.75) is 25.5 Å². The molecule has 1 aromatic heterocycles. The first-order valence-corrected chi connectivity index (χ1v) is 9.47. The Morgan fingerprint density at radius 3 is 2.64 bits per heavy atom. The average molecular weight is 377 g/mol. The molecule has 3 aromatic rings. The number of aromatic amines is 1. The van der Waals surface area contributed by atoms with Crippen molar-refractivity contribution in [1.82, 2.24) is 9.88 Å². The number of H-pyrrole nitrogens is 1. The van der Waals surface area contributed by atoms with Gasteiger partial charge in [-0.25, -0.2) is 0 Å². The minimum Gasteiger partial charge on any atom is -0.494 e. The summed E-state index contributed by atoms with van der Waals surface area (Å²) in [7, 11) is 0. The molecule has 0 bridgehead atoms. The number of nitrogens with one attached hydrogen (secondary N) is 1. The molecule has 1 aliphatic rings. The maximum absolute atomic E-state index is 12.0. The molecule has 2 heterocycles. The van der Waals surface area contributed by atoms with Gasteiger partial charge in [0, 0.05) is 30.1 Å². The van der Waals surface area contributed by atoms with Gasteiger partial charge in [0.15, 0.2) is 0 Å². The molecule has 3 N–H and O–H groups in total. The Balaban J connectivity index is 1.53. The predicted molar refractivity (Wildman–Crippen MR) is 110 cm³/mol. The molecule has 28 heavy (non-hydrogen) atoms. The van der Waals surface area contributed by atoms with Gasteiger partial charge in [0.25, 0.3) is 5.56 Å². The van der Waals surface area contributed by atoms with Crippen LogP contribution in [0.2, 0.25) is 0 Å². The molecule has 0 spiro atoms. The second kappa shape index (κ2) is 7.96. The molecule has 0 aliphatic carbocycles. The summed E-state index contributed by atoms with van der Waals surface area (Å²) >= 11 is 0. The van der Waals surface area contributed by atoms with Crippen molar-refractivity contribution in [2.75, 3.05) is 13.1 Å². The van der Waals surface area contributed by atoms with Gasteiger partial charge in [-0.1, -0.05) is 30.3 Å². The Bertz CT molecular complexity index is 1060. The number of nitrogens with zero attached hydrogens (tertiary/aromatic N) is 2. The Morgan fingerprint density at radius 1 is 1.14 bits per heavy atom. The van der Waals surface area contributed by atoms with E-state index in [-0.39, 0.29) is 17.5 Å². The fraction of sp³-hybridized carbons (Fsp3) is 0.273. The number of aromatic hydroxyl groups is 1. The molecule has 0 saturated carbocycles. The number of hydrogen-bond donors (Lipinski definition) is 3. The van der Waals surface area contributed by atoms with Crippen molar-refractivity contribution in [3.63, 3.8) is 0 Å². The van der Waals surface area contributed by atoms with Crippen molar-refractivity contribution < 1.29 is 10.2 Å². The van der Waals surface area contributed by atoms with E-state index in [1.165, 1.54) is 5.56 Å². The van der Waals surface area contributed by atoms with Crippen LogP contribution in [0.5, 0.6) is 5.88 Å². The normalized spacial score (nSPS) is 18.1. The fourth-order valence-electron chi connectivity index (χ4n) is 3.68. The zero-order chi connectivity index (χ0) is 19.5. The first-order chi connectivity index (χ1) is 13.6. The maximum Gasteiger partial charge on any atom is 0.258 e. The second-order valence-electron chi connectivity index (χ2n) is 7.22. The Morgan fingerprint density at radius 2 is 1.89 bits per heavy atom. The van der Waals surface area contributed by atoms with E-state index in [1.54, 1.807) is 24.4 Å². The van der Waals surface area contributed by atoms with Crippen LogP contribution in [0.3, 0.4) is 0 Å². The Hall–Kier alpha value is -2.96. The van der Waals surface area contributed by atoms with Gasteiger partial charge >= 0.3 is 0 Å². The number of likely N-dealkylation sites (tertiary alicyclic amines) is 1. The lowest BCUT2D eigenvalue weighted by molar-refractivity contribution is 0.0668. The minimum absolute atomic E-state index is 0.187. The number of rotatable bonds is 4. The number of benzene rings is 2. The number of β-amino-alcohol motifs (C(OH)–C–C–N with tert-alkyl or cyclic N) is 1. The number of pyridine rings is 1. The average Bonchev–Trinajstić information content (AvgIpc) is 2.69. The van der Waals surface area contributed by atoms with Crippen LogP contribution in [-0.4, -0.2) is 45.5 Å². The number of aliphatic hydroxyl groups is 1. The summed E-state index contributed by atoms with van der Waals surface area (Å²) in [4.78, 5) is 21.1. The van der Waals surface area contributed by atoms with Crippen LogP contribution in [0.1, 0.15) is 24.0 Å². The van der Waals surface area contributed by atoms with Gasteiger partial charge < -0.3 is 10.2 Å². The largest absolute Gasteiger partial charge is 0.494 e. The molecule has 1 fully saturated rings. The molecular formula is C22H23N3O3. The lowest BCUT2D eigenvalue weighted by Gasteiger charge is -2.29. The molecule has 1 atom stereocenters. The molecule has 1 aliphatic heterocycles. The first kappa shape index (κ1) is 18.4. The summed E-state index contributed by atoms with van der Waals surface area (Å²) < 4.78 is 0. The molecule has 6 heteroatoms. The van der Waals surface area contributed by atoms with Crippen LogP contribution in [-0.2, 0) is 6.54 Å². The third-order valence-electron chi connectivity index (χ3n) is 5.11. The standard InChI is InChI=1S/C22H23N3O3/c26-17-4-3-11-25(14-17)13-15-7-9-16(10-8-15)23-12-20-18-5-1-2-6-19(18)21(27)24-22(20)28/h1-2,5-10,12,17,26H,3-4,11,13-14H2,(H2,24,27,28). The minimum atomic E-state index is -0.322. The number of fused-ring (bicyclic) bond motifs is 1. The molecule has 0 amide bonds. The molecule has 1 unspecified atom stereocenters. The Kier molecular flexibility index (Phi) is 5.23. The second-order valence-corrected chi connectivity index (χ2v) is 7.22. The zero-order valence-electron chi connectivity index (χ0n) is 15.5. The number of piperidine rings is 1. The van der Waals surface area contributed by atoms with E-state index >= 15 is 0 Å². The van der Waals surface area contributed by atoms with Gasteiger partial charge in [0.2, 0.25) is 5.88 Å². The monoisotopic (exact) mass is 377 g/mol. The number of aromatic nitrogens is 1. The van der Waals surface area contributed by atoms with Crippen molar-refractivity contribution in [2.24, 2.45) is 4.99 Å². The maximum atomic E-state index is 12.0.